The minimum atomic E-state index is -0.590. The first-order chi connectivity index (χ1) is 5.22. The van der Waals surface area contributed by atoms with Gasteiger partial charge in [0.2, 0.25) is 0 Å². The average molecular weight is 177 g/mol. The van der Waals surface area contributed by atoms with Crippen molar-refractivity contribution < 1.29 is 4.74 Å². The lowest BCUT2D eigenvalue weighted by Gasteiger charge is -2.15. The Kier molecular flexibility index (Phi) is 2.44. The van der Waals surface area contributed by atoms with E-state index in [1.807, 2.05) is 0 Å². The summed E-state index contributed by atoms with van der Waals surface area (Å²) >= 11 is 5.62. The van der Waals surface area contributed by atoms with E-state index in [1.165, 1.54) is 0 Å². The molecule has 0 aromatic heterocycles. The molecule has 4 nitrogen and oxygen atoms in total. The third-order valence-electron chi connectivity index (χ3n) is 1.55. The molecule has 11 heavy (non-hydrogen) atoms. The lowest BCUT2D eigenvalue weighted by molar-refractivity contribution is 0.271. The van der Waals surface area contributed by atoms with E-state index in [-0.39, 0.29) is 12.4 Å². The highest BCUT2D eigenvalue weighted by Gasteiger charge is 2.35. The van der Waals surface area contributed by atoms with Crippen molar-refractivity contribution in [1.29, 1.82) is 0 Å². The summed E-state index contributed by atoms with van der Waals surface area (Å²) in [5.74, 6) is 0.852. The summed E-state index contributed by atoms with van der Waals surface area (Å²) in [5.41, 5.74) is -0.590. The molecule has 0 fully saturated rings. The number of alkyl halides is 1. The highest BCUT2D eigenvalue weighted by atomic mass is 35.5. The molecule has 5 heteroatoms. The summed E-state index contributed by atoms with van der Waals surface area (Å²) in [6, 6.07) is 0. The van der Waals surface area contributed by atoms with E-state index < -0.39 is 5.54 Å². The Labute approximate surface area is 69.6 Å². The molecule has 62 valence electrons. The van der Waals surface area contributed by atoms with Gasteiger partial charge in [0.25, 0.3) is 0 Å². The number of nitroso groups, excluding NO2 is 1. The van der Waals surface area contributed by atoms with Crippen LogP contribution in [0, 0.1) is 4.91 Å². The second-order valence-corrected chi connectivity index (χ2v) is 2.83. The molecule has 0 radical (unpaired) electrons. The van der Waals surface area contributed by atoms with E-state index in [9.17, 15) is 4.91 Å². The van der Waals surface area contributed by atoms with Crippen molar-refractivity contribution in [1.82, 2.24) is 0 Å². The number of rotatable bonds is 3. The number of hydrogen-bond acceptors (Lipinski definition) is 4. The monoisotopic (exact) mass is 176 g/mol. The Morgan fingerprint density at radius 3 is 3.00 bits per heavy atom. The van der Waals surface area contributed by atoms with E-state index in [1.54, 1.807) is 6.92 Å². The third-order valence-corrected chi connectivity index (χ3v) is 2.05. The fourth-order valence-electron chi connectivity index (χ4n) is 0.949. The molecule has 0 spiro atoms. The Morgan fingerprint density at radius 1 is 1.91 bits per heavy atom. The van der Waals surface area contributed by atoms with Gasteiger partial charge in [-0.25, -0.2) is 4.99 Å². The Bertz CT molecular complexity index is 195. The first-order valence-corrected chi connectivity index (χ1v) is 3.80. The first-order valence-electron chi connectivity index (χ1n) is 3.27. The largest absolute Gasteiger partial charge is 0.479 e. The van der Waals surface area contributed by atoms with Crippen molar-refractivity contribution >= 4 is 17.5 Å². The summed E-state index contributed by atoms with van der Waals surface area (Å²) in [7, 11) is 0. The molecule has 1 heterocycles. The van der Waals surface area contributed by atoms with Gasteiger partial charge >= 0.3 is 0 Å². The van der Waals surface area contributed by atoms with Crippen LogP contribution in [0.25, 0.3) is 0 Å². The van der Waals surface area contributed by atoms with Crippen molar-refractivity contribution in [3.05, 3.63) is 4.91 Å². The predicted molar refractivity (Wildman–Crippen MR) is 43.2 cm³/mol. The van der Waals surface area contributed by atoms with Crippen LogP contribution in [0.4, 0.5) is 0 Å². The molecular weight excluding hydrogens is 168 g/mol. The normalized spacial score (nSPS) is 29.5. The number of ether oxygens (including phenoxy) is 1. The standard InChI is InChI=1S/C6H9ClN2O2/c1-5-9-6(2-7,3-8-10)4-11-5/h2-4H2,1H3. The van der Waals surface area contributed by atoms with E-state index in [0.29, 0.717) is 12.5 Å². The maximum absolute atomic E-state index is 10.00. The average Bonchev–Trinajstić information content (AvgIpc) is 2.34. The first kappa shape index (κ1) is 8.46. The molecular formula is C6H9ClN2O2. The van der Waals surface area contributed by atoms with E-state index in [0.717, 1.165) is 0 Å². The SMILES string of the molecule is CC1=NC(CCl)(CN=O)CO1. The van der Waals surface area contributed by atoms with Crippen molar-refractivity contribution in [2.75, 3.05) is 19.0 Å². The van der Waals surface area contributed by atoms with Gasteiger partial charge in [0.05, 0.1) is 5.88 Å². The van der Waals surface area contributed by atoms with E-state index >= 15 is 0 Å². The molecule has 0 aromatic rings. The van der Waals surface area contributed by atoms with Gasteiger partial charge in [-0.2, -0.15) is 4.91 Å². The van der Waals surface area contributed by atoms with Crippen LogP contribution in [-0.2, 0) is 4.74 Å². The molecule has 1 aliphatic heterocycles. The zero-order chi connectivity index (χ0) is 8.32. The molecule has 0 aliphatic carbocycles. The Hall–Kier alpha value is -0.640. The van der Waals surface area contributed by atoms with Crippen molar-refractivity contribution in [3.8, 4) is 0 Å². The van der Waals surface area contributed by atoms with Crippen LogP contribution in [0.2, 0.25) is 0 Å². The van der Waals surface area contributed by atoms with E-state index in [2.05, 4.69) is 10.2 Å². The van der Waals surface area contributed by atoms with Gasteiger partial charge in [-0.15, -0.1) is 11.6 Å². The van der Waals surface area contributed by atoms with Crippen LogP contribution >= 0.6 is 11.6 Å². The minimum Gasteiger partial charge on any atom is -0.479 e. The maximum Gasteiger partial charge on any atom is 0.180 e. The summed E-state index contributed by atoms with van der Waals surface area (Å²) in [4.78, 5) is 14.1. The van der Waals surface area contributed by atoms with Crippen LogP contribution in [-0.4, -0.2) is 30.5 Å². The number of halogens is 1. The predicted octanol–water partition coefficient (Wildman–Crippen LogP) is 1.18. The van der Waals surface area contributed by atoms with Crippen molar-refractivity contribution in [2.24, 2.45) is 10.2 Å². The zero-order valence-corrected chi connectivity index (χ0v) is 6.97. The molecule has 0 N–H and O–H groups in total. The highest BCUT2D eigenvalue weighted by molar-refractivity contribution is 6.18. The smallest absolute Gasteiger partial charge is 0.180 e. The molecule has 0 bridgehead atoms. The zero-order valence-electron chi connectivity index (χ0n) is 6.21. The van der Waals surface area contributed by atoms with Gasteiger partial charge in [0, 0.05) is 6.92 Å². The fourth-order valence-corrected chi connectivity index (χ4v) is 1.17. The summed E-state index contributed by atoms with van der Waals surface area (Å²) in [6.07, 6.45) is 0. The summed E-state index contributed by atoms with van der Waals surface area (Å²) in [6.45, 7) is 2.20. The Morgan fingerprint density at radius 2 is 2.64 bits per heavy atom. The van der Waals surface area contributed by atoms with Gasteiger partial charge in [0.15, 0.2) is 5.90 Å². The van der Waals surface area contributed by atoms with Crippen molar-refractivity contribution in [3.63, 3.8) is 0 Å². The van der Waals surface area contributed by atoms with Gasteiger partial charge in [-0.1, -0.05) is 5.18 Å². The maximum atomic E-state index is 10.00. The third kappa shape index (κ3) is 1.68. The van der Waals surface area contributed by atoms with Gasteiger partial charge < -0.3 is 4.74 Å². The molecule has 0 aromatic carbocycles. The lowest BCUT2D eigenvalue weighted by atomic mass is 10.1. The van der Waals surface area contributed by atoms with Gasteiger partial charge in [-0.3, -0.25) is 0 Å². The molecule has 1 aliphatic rings. The second-order valence-electron chi connectivity index (χ2n) is 2.56. The van der Waals surface area contributed by atoms with Gasteiger partial charge in [0.1, 0.15) is 18.7 Å². The molecule has 1 atom stereocenters. The Balaban J connectivity index is 2.69. The second kappa shape index (κ2) is 3.17. The molecule has 1 unspecified atom stereocenters. The number of hydrogen-bond donors (Lipinski definition) is 0. The quantitative estimate of drug-likeness (QED) is 0.479. The molecule has 0 amide bonds. The number of nitrogens with zero attached hydrogens (tertiary/aromatic N) is 2. The van der Waals surface area contributed by atoms with Crippen LogP contribution < -0.4 is 0 Å². The highest BCUT2D eigenvalue weighted by Crippen LogP contribution is 2.20. The van der Waals surface area contributed by atoms with Crippen LogP contribution in [0.15, 0.2) is 10.2 Å². The topological polar surface area (TPSA) is 51.0 Å². The summed E-state index contributed by atoms with van der Waals surface area (Å²) in [5, 5.41) is 2.77. The van der Waals surface area contributed by atoms with Crippen LogP contribution in [0.5, 0.6) is 0 Å². The fraction of sp³-hybridized carbons (Fsp3) is 0.833. The van der Waals surface area contributed by atoms with Gasteiger partial charge in [-0.05, 0) is 0 Å². The molecule has 1 rings (SSSR count). The summed E-state index contributed by atoms with van der Waals surface area (Å²) < 4.78 is 5.08. The minimum absolute atomic E-state index is 0.0911. The lowest BCUT2D eigenvalue weighted by Crippen LogP contribution is -2.34. The van der Waals surface area contributed by atoms with Crippen LogP contribution in [0.3, 0.4) is 0 Å². The number of aliphatic imine (C=N–C) groups is 1. The van der Waals surface area contributed by atoms with Crippen LogP contribution in [0.1, 0.15) is 6.92 Å². The molecule has 0 saturated carbocycles. The van der Waals surface area contributed by atoms with E-state index in [4.69, 9.17) is 16.3 Å². The molecule has 0 saturated heterocycles. The van der Waals surface area contributed by atoms with Crippen molar-refractivity contribution in [2.45, 2.75) is 12.5 Å².